The monoisotopic (exact) mass is 638 g/mol. The van der Waals surface area contributed by atoms with Crippen molar-refractivity contribution < 1.29 is 14.2 Å². The molecule has 37 heavy (non-hydrogen) atoms. The van der Waals surface area contributed by atoms with Crippen LogP contribution in [-0.2, 0) is 27.4 Å². The van der Waals surface area contributed by atoms with E-state index < -0.39 is 0 Å². The van der Waals surface area contributed by atoms with Crippen LogP contribution >= 0.6 is 31.9 Å². The Morgan fingerprint density at radius 3 is 1.38 bits per heavy atom. The van der Waals surface area contributed by atoms with E-state index in [1.807, 2.05) is 24.3 Å². The van der Waals surface area contributed by atoms with Crippen molar-refractivity contribution in [2.75, 3.05) is 0 Å². The quantitative estimate of drug-likeness (QED) is 0.135. The molecule has 2 aromatic carbocycles. The van der Waals surface area contributed by atoms with Gasteiger partial charge in [-0.1, -0.05) is 134 Å². The summed E-state index contributed by atoms with van der Waals surface area (Å²) in [5, 5.41) is 0. The van der Waals surface area contributed by atoms with Crippen LogP contribution in [-0.4, -0.2) is 12.6 Å². The van der Waals surface area contributed by atoms with Crippen LogP contribution in [0.15, 0.2) is 57.5 Å². The minimum absolute atomic E-state index is 0.293. The number of hydrogen-bond acceptors (Lipinski definition) is 3. The van der Waals surface area contributed by atoms with Crippen molar-refractivity contribution in [2.45, 2.75) is 118 Å². The third kappa shape index (κ3) is 13.8. The molecule has 0 N–H and O–H groups in total. The smallest absolute Gasteiger partial charge is 0.161 e. The lowest BCUT2D eigenvalue weighted by atomic mass is 9.99. The van der Waals surface area contributed by atoms with Crippen LogP contribution in [0.1, 0.15) is 103 Å². The van der Waals surface area contributed by atoms with Crippen molar-refractivity contribution in [3.8, 4) is 0 Å². The Morgan fingerprint density at radius 2 is 1.00 bits per heavy atom. The van der Waals surface area contributed by atoms with Gasteiger partial charge >= 0.3 is 0 Å². The van der Waals surface area contributed by atoms with Crippen molar-refractivity contribution in [2.24, 2.45) is 11.8 Å². The van der Waals surface area contributed by atoms with Crippen LogP contribution < -0.4 is 0 Å². The molecule has 0 radical (unpaired) electrons. The van der Waals surface area contributed by atoms with Crippen LogP contribution in [0.2, 0.25) is 0 Å². The van der Waals surface area contributed by atoms with Gasteiger partial charge in [-0.05, 0) is 60.8 Å². The highest BCUT2D eigenvalue weighted by atomic mass is 79.9. The summed E-state index contributed by atoms with van der Waals surface area (Å²) in [5.41, 5.74) is 2.27. The second-order valence-electron chi connectivity index (χ2n) is 10.4. The first-order valence-electron chi connectivity index (χ1n) is 14.3. The van der Waals surface area contributed by atoms with E-state index in [0.29, 0.717) is 13.2 Å². The van der Waals surface area contributed by atoms with Gasteiger partial charge in [0.15, 0.2) is 12.6 Å². The Kier molecular flexibility index (Phi) is 17.0. The molecule has 208 valence electrons. The van der Waals surface area contributed by atoms with Gasteiger partial charge in [0.05, 0.1) is 13.2 Å². The SMILES string of the molecule is CCCC(C)CCCC(OCc1ccccc1Br)OC(CCCC(C)CCC)OCc1ccccc1Br. The maximum atomic E-state index is 6.58. The first kappa shape index (κ1) is 32.5. The predicted molar refractivity (Wildman–Crippen MR) is 162 cm³/mol. The molecule has 0 aliphatic heterocycles. The highest BCUT2D eigenvalue weighted by Gasteiger charge is 2.20. The normalized spacial score (nSPS) is 14.9. The molecule has 0 heterocycles. The Bertz CT molecular complexity index is 790. The molecule has 4 unspecified atom stereocenters. The topological polar surface area (TPSA) is 27.7 Å². The van der Waals surface area contributed by atoms with Crippen molar-refractivity contribution in [3.05, 3.63) is 68.6 Å². The minimum Gasteiger partial charge on any atom is -0.348 e. The second kappa shape index (κ2) is 19.4. The summed E-state index contributed by atoms with van der Waals surface area (Å²) in [4.78, 5) is 0. The lowest BCUT2D eigenvalue weighted by Crippen LogP contribution is -2.27. The maximum absolute atomic E-state index is 6.58. The summed E-state index contributed by atoms with van der Waals surface area (Å²) in [6.45, 7) is 10.3. The van der Waals surface area contributed by atoms with Crippen molar-refractivity contribution in [1.29, 1.82) is 0 Å². The van der Waals surface area contributed by atoms with Crippen molar-refractivity contribution >= 4 is 31.9 Å². The van der Waals surface area contributed by atoms with Gasteiger partial charge in [0.2, 0.25) is 0 Å². The van der Waals surface area contributed by atoms with Crippen LogP contribution in [0.5, 0.6) is 0 Å². The van der Waals surface area contributed by atoms with E-state index in [1.54, 1.807) is 0 Å². The Balaban J connectivity index is 2.05. The second-order valence-corrected chi connectivity index (χ2v) is 12.2. The fourth-order valence-corrected chi connectivity index (χ4v) is 5.49. The Hall–Kier alpha value is -0.720. The molecule has 0 aliphatic carbocycles. The molecule has 0 saturated carbocycles. The molecule has 2 rings (SSSR count). The Labute approximate surface area is 243 Å². The third-order valence-corrected chi connectivity index (χ3v) is 8.45. The molecule has 3 nitrogen and oxygen atoms in total. The first-order valence-corrected chi connectivity index (χ1v) is 15.9. The van der Waals surface area contributed by atoms with Gasteiger partial charge in [0.1, 0.15) is 0 Å². The highest BCUT2D eigenvalue weighted by Crippen LogP contribution is 2.24. The van der Waals surface area contributed by atoms with Crippen LogP contribution in [0.3, 0.4) is 0 Å². The van der Waals surface area contributed by atoms with E-state index in [2.05, 4.69) is 83.8 Å². The van der Waals surface area contributed by atoms with Gasteiger partial charge in [-0.2, -0.15) is 0 Å². The molecule has 0 aromatic heterocycles. The number of hydrogen-bond donors (Lipinski definition) is 0. The molecule has 5 heteroatoms. The molecular weight excluding hydrogens is 592 g/mol. The highest BCUT2D eigenvalue weighted by molar-refractivity contribution is 9.10. The number of rotatable bonds is 20. The van der Waals surface area contributed by atoms with Crippen LogP contribution in [0.25, 0.3) is 0 Å². The number of ether oxygens (including phenoxy) is 3. The lowest BCUT2D eigenvalue weighted by molar-refractivity contribution is -0.257. The Morgan fingerprint density at radius 1 is 0.595 bits per heavy atom. The van der Waals surface area contributed by atoms with Gasteiger partial charge in [0.25, 0.3) is 0 Å². The number of halogens is 2. The summed E-state index contributed by atoms with van der Waals surface area (Å²) in [6.07, 6.45) is 10.8. The van der Waals surface area contributed by atoms with Crippen molar-refractivity contribution in [1.82, 2.24) is 0 Å². The fraction of sp³-hybridized carbons (Fsp3) is 0.625. The van der Waals surface area contributed by atoms with E-state index in [0.717, 1.165) is 57.6 Å². The minimum atomic E-state index is -0.293. The van der Waals surface area contributed by atoms with Crippen LogP contribution in [0.4, 0.5) is 0 Å². The van der Waals surface area contributed by atoms with Crippen molar-refractivity contribution in [3.63, 3.8) is 0 Å². The average Bonchev–Trinajstić information content (AvgIpc) is 2.87. The largest absolute Gasteiger partial charge is 0.348 e. The van der Waals surface area contributed by atoms with Gasteiger partial charge in [-0.15, -0.1) is 0 Å². The summed E-state index contributed by atoms with van der Waals surface area (Å²) in [5.74, 6) is 1.47. The summed E-state index contributed by atoms with van der Waals surface area (Å²) in [7, 11) is 0. The first-order chi connectivity index (χ1) is 17.9. The van der Waals surface area contributed by atoms with Gasteiger partial charge < -0.3 is 14.2 Å². The van der Waals surface area contributed by atoms with E-state index in [4.69, 9.17) is 14.2 Å². The zero-order valence-electron chi connectivity index (χ0n) is 23.4. The molecule has 0 saturated heterocycles. The molecule has 0 bridgehead atoms. The van der Waals surface area contributed by atoms with Gasteiger partial charge in [-0.3, -0.25) is 0 Å². The molecule has 0 amide bonds. The van der Waals surface area contributed by atoms with E-state index >= 15 is 0 Å². The summed E-state index contributed by atoms with van der Waals surface area (Å²) < 4.78 is 21.5. The summed E-state index contributed by atoms with van der Waals surface area (Å²) in [6, 6.07) is 16.5. The summed E-state index contributed by atoms with van der Waals surface area (Å²) >= 11 is 7.31. The van der Waals surface area contributed by atoms with E-state index in [1.165, 1.54) is 38.5 Å². The molecule has 0 spiro atoms. The zero-order valence-corrected chi connectivity index (χ0v) is 26.6. The standard InChI is InChI=1S/C32H48Br2O3/c1-5-13-25(3)15-11-21-31(35-23-27-17-7-9-19-29(27)33)37-32(22-12-16-26(4)14-6-2)36-24-28-18-8-10-20-30(28)34/h7-10,17-20,25-26,31-32H,5-6,11-16,21-24H2,1-4H3. The molecule has 0 fully saturated rings. The lowest BCUT2D eigenvalue weighted by Gasteiger charge is -2.26. The van der Waals surface area contributed by atoms with E-state index in [9.17, 15) is 0 Å². The maximum Gasteiger partial charge on any atom is 0.161 e. The molecular formula is C32H48Br2O3. The average molecular weight is 641 g/mol. The molecule has 4 atom stereocenters. The predicted octanol–water partition coefficient (Wildman–Crippen LogP) is 10.8. The zero-order chi connectivity index (χ0) is 26.9. The van der Waals surface area contributed by atoms with Crippen LogP contribution in [0, 0.1) is 11.8 Å². The fourth-order valence-electron chi connectivity index (χ4n) is 4.69. The van der Waals surface area contributed by atoms with E-state index in [-0.39, 0.29) is 12.6 Å². The number of benzene rings is 2. The van der Waals surface area contributed by atoms with Gasteiger partial charge in [-0.25, -0.2) is 0 Å². The molecule has 2 aromatic rings. The van der Waals surface area contributed by atoms with Gasteiger partial charge in [0, 0.05) is 8.95 Å². The third-order valence-electron chi connectivity index (χ3n) is 6.91. The molecule has 0 aliphatic rings.